The van der Waals surface area contributed by atoms with E-state index >= 15 is 0 Å². The number of carboxylic acid groups (broad SMARTS) is 1. The molecule has 1 aromatic rings. The Balaban J connectivity index is 2.91. The molecular formula is C12H16N2O4. The largest absolute Gasteiger partial charge is 0.480 e. The second-order valence-corrected chi connectivity index (χ2v) is 4.40. The molecule has 0 saturated heterocycles. The third kappa shape index (κ3) is 3.19. The Hall–Kier alpha value is -2.11. The molecule has 0 fully saturated rings. The summed E-state index contributed by atoms with van der Waals surface area (Å²) in [5, 5.41) is 11.3. The van der Waals surface area contributed by atoms with Gasteiger partial charge in [-0.2, -0.15) is 0 Å². The summed E-state index contributed by atoms with van der Waals surface area (Å²) in [6.07, 6.45) is 1.46. The molecule has 1 amide bonds. The normalized spacial score (nSPS) is 12.2. The minimum absolute atomic E-state index is 0.157. The Morgan fingerprint density at radius 3 is 2.44 bits per heavy atom. The standard InChI is InChI=1S/C12H16N2O4/c1-7(2)10(12(17)18)13-11(16)8-4-5-14(3)9(15)6-8/h4-7,10H,1-3H3,(H,13,16)(H,17,18). The zero-order chi connectivity index (χ0) is 13.9. The molecule has 6 nitrogen and oxygen atoms in total. The van der Waals surface area contributed by atoms with Crippen LogP contribution >= 0.6 is 0 Å². The second kappa shape index (κ2) is 5.48. The van der Waals surface area contributed by atoms with E-state index in [0.29, 0.717) is 0 Å². The van der Waals surface area contributed by atoms with Gasteiger partial charge < -0.3 is 15.0 Å². The first-order chi connectivity index (χ1) is 8.32. The molecule has 1 atom stereocenters. The highest BCUT2D eigenvalue weighted by molar-refractivity contribution is 5.96. The van der Waals surface area contributed by atoms with Crippen LogP contribution in [-0.4, -0.2) is 27.6 Å². The maximum absolute atomic E-state index is 11.8. The Morgan fingerprint density at radius 2 is 2.00 bits per heavy atom. The number of carbonyl (C=O) groups excluding carboxylic acids is 1. The molecule has 0 aliphatic carbocycles. The third-order valence-electron chi connectivity index (χ3n) is 2.59. The summed E-state index contributed by atoms with van der Waals surface area (Å²) in [6.45, 7) is 3.40. The van der Waals surface area contributed by atoms with E-state index < -0.39 is 17.9 Å². The highest BCUT2D eigenvalue weighted by Crippen LogP contribution is 2.04. The van der Waals surface area contributed by atoms with Crippen LogP contribution < -0.4 is 10.9 Å². The monoisotopic (exact) mass is 252 g/mol. The third-order valence-corrected chi connectivity index (χ3v) is 2.59. The molecule has 1 rings (SSSR count). The van der Waals surface area contributed by atoms with Crippen molar-refractivity contribution in [1.29, 1.82) is 0 Å². The molecule has 18 heavy (non-hydrogen) atoms. The predicted octanol–water partition coefficient (Wildman–Crippen LogP) is 0.224. The highest BCUT2D eigenvalue weighted by Gasteiger charge is 2.23. The van der Waals surface area contributed by atoms with E-state index in [1.165, 1.54) is 22.9 Å². The number of amides is 1. The van der Waals surface area contributed by atoms with Crippen molar-refractivity contribution in [3.63, 3.8) is 0 Å². The van der Waals surface area contributed by atoms with Crippen molar-refractivity contribution < 1.29 is 14.7 Å². The van der Waals surface area contributed by atoms with Gasteiger partial charge in [0.25, 0.3) is 11.5 Å². The molecule has 98 valence electrons. The maximum Gasteiger partial charge on any atom is 0.326 e. The van der Waals surface area contributed by atoms with E-state index in [1.54, 1.807) is 20.9 Å². The van der Waals surface area contributed by atoms with Gasteiger partial charge >= 0.3 is 5.97 Å². The number of pyridine rings is 1. The van der Waals surface area contributed by atoms with Crippen molar-refractivity contribution in [2.45, 2.75) is 19.9 Å². The molecule has 0 bridgehead atoms. The van der Waals surface area contributed by atoms with Crippen LogP contribution in [0.25, 0.3) is 0 Å². The lowest BCUT2D eigenvalue weighted by Crippen LogP contribution is -2.44. The van der Waals surface area contributed by atoms with E-state index in [2.05, 4.69) is 5.32 Å². The average Bonchev–Trinajstić information content (AvgIpc) is 2.28. The SMILES string of the molecule is CC(C)C(NC(=O)c1ccn(C)c(=O)c1)C(=O)O. The molecule has 0 aromatic carbocycles. The van der Waals surface area contributed by atoms with Crippen LogP contribution in [-0.2, 0) is 11.8 Å². The lowest BCUT2D eigenvalue weighted by molar-refractivity contribution is -0.140. The number of carboxylic acids is 1. The molecule has 0 radical (unpaired) electrons. The fourth-order valence-corrected chi connectivity index (χ4v) is 1.43. The van der Waals surface area contributed by atoms with Crippen molar-refractivity contribution in [3.8, 4) is 0 Å². The lowest BCUT2D eigenvalue weighted by Gasteiger charge is -2.17. The van der Waals surface area contributed by atoms with Gasteiger partial charge in [0.15, 0.2) is 0 Å². The summed E-state index contributed by atoms with van der Waals surface area (Å²) < 4.78 is 1.33. The van der Waals surface area contributed by atoms with Gasteiger partial charge in [-0.15, -0.1) is 0 Å². The van der Waals surface area contributed by atoms with E-state index in [4.69, 9.17) is 5.11 Å². The van der Waals surface area contributed by atoms with Crippen LogP contribution in [0.3, 0.4) is 0 Å². The van der Waals surface area contributed by atoms with Gasteiger partial charge in [0.1, 0.15) is 6.04 Å². The minimum Gasteiger partial charge on any atom is -0.480 e. The molecule has 6 heteroatoms. The molecular weight excluding hydrogens is 236 g/mol. The maximum atomic E-state index is 11.8. The Bertz CT molecular complexity index is 519. The van der Waals surface area contributed by atoms with Gasteiger partial charge in [-0.05, 0) is 12.0 Å². The summed E-state index contributed by atoms with van der Waals surface area (Å²) in [5.41, 5.74) is -0.163. The number of nitrogens with one attached hydrogen (secondary N) is 1. The number of aromatic nitrogens is 1. The zero-order valence-corrected chi connectivity index (χ0v) is 10.5. The molecule has 0 saturated carbocycles. The van der Waals surface area contributed by atoms with E-state index in [1.807, 2.05) is 0 Å². The summed E-state index contributed by atoms with van der Waals surface area (Å²) in [6, 6.07) is 1.67. The highest BCUT2D eigenvalue weighted by atomic mass is 16.4. The van der Waals surface area contributed by atoms with Crippen LogP contribution in [0.5, 0.6) is 0 Å². The lowest BCUT2D eigenvalue weighted by atomic mass is 10.0. The Labute approximate surface area is 104 Å². The molecule has 1 aromatic heterocycles. The van der Waals surface area contributed by atoms with Crippen LogP contribution in [0.2, 0.25) is 0 Å². The fourth-order valence-electron chi connectivity index (χ4n) is 1.43. The first-order valence-electron chi connectivity index (χ1n) is 5.53. The molecule has 1 heterocycles. The number of nitrogens with zero attached hydrogens (tertiary/aromatic N) is 1. The van der Waals surface area contributed by atoms with Gasteiger partial charge in [0.2, 0.25) is 0 Å². The Kier molecular flexibility index (Phi) is 4.25. The molecule has 2 N–H and O–H groups in total. The Morgan fingerprint density at radius 1 is 1.39 bits per heavy atom. The van der Waals surface area contributed by atoms with Crippen molar-refractivity contribution in [1.82, 2.24) is 9.88 Å². The number of hydrogen-bond acceptors (Lipinski definition) is 3. The van der Waals surface area contributed by atoms with Crippen molar-refractivity contribution in [3.05, 3.63) is 34.2 Å². The van der Waals surface area contributed by atoms with Crippen LogP contribution in [0.4, 0.5) is 0 Å². The summed E-state index contributed by atoms with van der Waals surface area (Å²) in [7, 11) is 1.57. The number of hydrogen-bond donors (Lipinski definition) is 2. The van der Waals surface area contributed by atoms with Crippen LogP contribution in [0.1, 0.15) is 24.2 Å². The number of aryl methyl sites for hydroxylation is 1. The quantitative estimate of drug-likeness (QED) is 0.802. The van der Waals surface area contributed by atoms with Gasteiger partial charge in [-0.25, -0.2) is 4.79 Å². The molecule has 1 unspecified atom stereocenters. The van der Waals surface area contributed by atoms with Crippen LogP contribution in [0, 0.1) is 5.92 Å². The van der Waals surface area contributed by atoms with Crippen LogP contribution in [0.15, 0.2) is 23.1 Å². The van der Waals surface area contributed by atoms with E-state index in [-0.39, 0.29) is 17.0 Å². The average molecular weight is 252 g/mol. The van der Waals surface area contributed by atoms with Crippen molar-refractivity contribution in [2.75, 3.05) is 0 Å². The molecule has 0 aliphatic rings. The first-order valence-corrected chi connectivity index (χ1v) is 5.53. The molecule has 0 spiro atoms. The van der Waals surface area contributed by atoms with Gasteiger partial charge in [-0.3, -0.25) is 9.59 Å². The number of carbonyl (C=O) groups is 2. The smallest absolute Gasteiger partial charge is 0.326 e. The summed E-state index contributed by atoms with van der Waals surface area (Å²) in [5.74, 6) is -1.89. The predicted molar refractivity (Wildman–Crippen MR) is 65.4 cm³/mol. The minimum atomic E-state index is -1.10. The summed E-state index contributed by atoms with van der Waals surface area (Å²) >= 11 is 0. The summed E-state index contributed by atoms with van der Waals surface area (Å²) in [4.78, 5) is 34.1. The fraction of sp³-hybridized carbons (Fsp3) is 0.417. The van der Waals surface area contributed by atoms with E-state index in [9.17, 15) is 14.4 Å². The zero-order valence-electron chi connectivity index (χ0n) is 10.5. The first kappa shape index (κ1) is 14.0. The topological polar surface area (TPSA) is 88.4 Å². The van der Waals surface area contributed by atoms with E-state index in [0.717, 1.165) is 0 Å². The second-order valence-electron chi connectivity index (χ2n) is 4.40. The van der Waals surface area contributed by atoms with Gasteiger partial charge in [0.05, 0.1) is 0 Å². The van der Waals surface area contributed by atoms with Crippen molar-refractivity contribution >= 4 is 11.9 Å². The number of aliphatic carboxylic acids is 1. The molecule has 0 aliphatic heterocycles. The van der Waals surface area contributed by atoms with Crippen molar-refractivity contribution in [2.24, 2.45) is 13.0 Å². The number of rotatable bonds is 4. The van der Waals surface area contributed by atoms with Gasteiger partial charge in [0, 0.05) is 24.9 Å². The van der Waals surface area contributed by atoms with Gasteiger partial charge in [-0.1, -0.05) is 13.8 Å².